The van der Waals surface area contributed by atoms with Crippen molar-refractivity contribution in [1.29, 1.82) is 0 Å². The number of ether oxygens (including phenoxy) is 9. The van der Waals surface area contributed by atoms with E-state index in [-0.39, 0.29) is 21.7 Å². The third kappa shape index (κ3) is 26.3. The van der Waals surface area contributed by atoms with E-state index in [0.29, 0.717) is 184 Å². The van der Waals surface area contributed by atoms with E-state index in [1.54, 1.807) is 0 Å². The van der Waals surface area contributed by atoms with E-state index >= 15 is 0 Å². The van der Waals surface area contributed by atoms with Gasteiger partial charge in [0.25, 0.3) is 0 Å². The van der Waals surface area contributed by atoms with E-state index in [0.717, 1.165) is 25.7 Å². The zero-order chi connectivity index (χ0) is 50.0. The van der Waals surface area contributed by atoms with E-state index in [1.807, 2.05) is 55.4 Å². The van der Waals surface area contributed by atoms with Crippen LogP contribution in [0.1, 0.15) is 134 Å². The van der Waals surface area contributed by atoms with Crippen LogP contribution in [0.4, 0.5) is 0 Å². The van der Waals surface area contributed by atoms with E-state index < -0.39 is 10.8 Å². The van der Waals surface area contributed by atoms with Crippen LogP contribution in [0.15, 0.2) is 0 Å². The Labute approximate surface area is 401 Å². The van der Waals surface area contributed by atoms with Gasteiger partial charge in [-0.05, 0) is 51.4 Å². The lowest BCUT2D eigenvalue weighted by Crippen LogP contribution is -2.50. The molecule has 2 aliphatic heterocycles. The average molecular weight is 941 g/mol. The fraction of sp³-hybridized carbons (Fsp3) is 1.00. The van der Waals surface area contributed by atoms with E-state index in [1.165, 1.54) is 0 Å². The number of nitrogens with two attached hydrogens (primary N) is 6. The Morgan fingerprint density at radius 2 is 0.431 bits per heavy atom. The van der Waals surface area contributed by atoms with Gasteiger partial charge in [-0.15, -0.1) is 0 Å². The van der Waals surface area contributed by atoms with Crippen LogP contribution in [0, 0.1) is 32.5 Å². The predicted molar refractivity (Wildman–Crippen MR) is 271 cm³/mol. The zero-order valence-electron chi connectivity index (χ0n) is 44.8. The highest BCUT2D eigenvalue weighted by Gasteiger charge is 2.46. The SMILES string of the molecule is CC.CC.CC.CC.CCC1(CN)COCCOCCOCC(CC)(CN)CC2(CN)COCCOCCOCC(CN)(C1)CC(CC)(CN)COCCOCCOCC(CC)(CN)C2. The summed E-state index contributed by atoms with van der Waals surface area (Å²) in [6.45, 7) is 35.2. The molecule has 2 rings (SSSR count). The Kier molecular flexibility index (Phi) is 44.7. The lowest BCUT2D eigenvalue weighted by Gasteiger charge is -2.47. The number of hydrogen-bond acceptors (Lipinski definition) is 15. The molecule has 396 valence electrons. The minimum Gasteiger partial charge on any atom is -0.378 e. The lowest BCUT2D eigenvalue weighted by molar-refractivity contribution is -0.0860. The van der Waals surface area contributed by atoms with E-state index in [2.05, 4.69) is 27.7 Å². The second-order valence-corrected chi connectivity index (χ2v) is 17.5. The molecule has 15 nitrogen and oxygen atoms in total. The molecule has 2 fully saturated rings. The molecule has 65 heavy (non-hydrogen) atoms. The first-order chi connectivity index (χ1) is 31.6. The third-order valence-corrected chi connectivity index (χ3v) is 13.3. The Morgan fingerprint density at radius 1 is 0.262 bits per heavy atom. The van der Waals surface area contributed by atoms with Gasteiger partial charge in [0.1, 0.15) is 0 Å². The molecule has 0 aromatic carbocycles. The molecule has 2 aliphatic rings. The van der Waals surface area contributed by atoms with Crippen molar-refractivity contribution < 1.29 is 42.6 Å². The molecule has 2 saturated heterocycles. The Balaban J connectivity index is -0.00000453. The van der Waals surface area contributed by atoms with Crippen molar-refractivity contribution in [2.45, 2.75) is 134 Å². The maximum Gasteiger partial charge on any atom is 0.0701 e. The highest BCUT2D eigenvalue weighted by molar-refractivity contribution is 4.98. The molecule has 0 radical (unpaired) electrons. The van der Waals surface area contributed by atoms with Crippen LogP contribution in [0.3, 0.4) is 0 Å². The number of rotatable bonds is 10. The Morgan fingerprint density at radius 3 is 0.585 bits per heavy atom. The monoisotopic (exact) mass is 941 g/mol. The fourth-order valence-corrected chi connectivity index (χ4v) is 8.88. The Hall–Kier alpha value is -0.600. The first-order valence-corrected chi connectivity index (χ1v) is 26.0. The molecule has 15 heteroatoms. The van der Waals surface area contributed by atoms with Crippen LogP contribution in [0.5, 0.6) is 0 Å². The van der Waals surface area contributed by atoms with Gasteiger partial charge in [0, 0.05) is 71.8 Å². The highest BCUT2D eigenvalue weighted by Crippen LogP contribution is 2.47. The number of fused-ring (bicyclic) bond motifs is 10. The van der Waals surface area contributed by atoms with Gasteiger partial charge in [-0.2, -0.15) is 0 Å². The van der Waals surface area contributed by atoms with Crippen LogP contribution in [-0.4, -0.2) is 158 Å². The van der Waals surface area contributed by atoms with Gasteiger partial charge in [-0.1, -0.05) is 83.1 Å². The molecule has 4 unspecified atom stereocenters. The topological polar surface area (TPSA) is 239 Å². The molecule has 2 bridgehead atoms. The Bertz CT molecular complexity index is 870. The summed E-state index contributed by atoms with van der Waals surface area (Å²) in [5.41, 5.74) is 37.6. The molecule has 2 heterocycles. The minimum atomic E-state index is -0.441. The van der Waals surface area contributed by atoms with Crippen LogP contribution < -0.4 is 34.4 Å². The molecular formula is C50H112N6O9. The number of hydrogen-bond donors (Lipinski definition) is 6. The second-order valence-electron chi connectivity index (χ2n) is 17.5. The quantitative estimate of drug-likeness (QED) is 0.135. The van der Waals surface area contributed by atoms with Crippen molar-refractivity contribution in [3.8, 4) is 0 Å². The second kappa shape index (κ2) is 42.3. The van der Waals surface area contributed by atoms with Crippen molar-refractivity contribution in [2.24, 2.45) is 66.9 Å². The first kappa shape index (κ1) is 68.7. The van der Waals surface area contributed by atoms with Gasteiger partial charge in [0.2, 0.25) is 0 Å². The first-order valence-electron chi connectivity index (χ1n) is 26.0. The summed E-state index contributed by atoms with van der Waals surface area (Å²) in [5.74, 6) is 0. The van der Waals surface area contributed by atoms with Crippen molar-refractivity contribution >= 4 is 0 Å². The summed E-state index contributed by atoms with van der Waals surface area (Å²) >= 11 is 0. The molecular weight excluding hydrogens is 829 g/mol. The van der Waals surface area contributed by atoms with Gasteiger partial charge in [-0.25, -0.2) is 0 Å². The average Bonchev–Trinajstić information content (AvgIpc) is 3.37. The summed E-state index contributed by atoms with van der Waals surface area (Å²) in [4.78, 5) is 0. The molecule has 0 aromatic heterocycles. The molecule has 12 N–H and O–H groups in total. The van der Waals surface area contributed by atoms with Crippen molar-refractivity contribution in [2.75, 3.05) is 158 Å². The molecule has 0 aromatic rings. The molecule has 0 saturated carbocycles. The maximum atomic E-state index is 6.75. The summed E-state index contributed by atoms with van der Waals surface area (Å²) in [6.07, 6.45) is 6.13. The van der Waals surface area contributed by atoms with Gasteiger partial charge >= 0.3 is 0 Å². The van der Waals surface area contributed by atoms with Crippen molar-refractivity contribution in [3.63, 3.8) is 0 Å². The van der Waals surface area contributed by atoms with Gasteiger partial charge < -0.3 is 77.0 Å². The van der Waals surface area contributed by atoms with Crippen LogP contribution in [-0.2, 0) is 42.6 Å². The third-order valence-electron chi connectivity index (χ3n) is 13.3. The summed E-state index contributed by atoms with van der Waals surface area (Å²) < 4.78 is 56.1. The minimum absolute atomic E-state index is 0.327. The van der Waals surface area contributed by atoms with Gasteiger partial charge in [0.05, 0.1) is 119 Å². The van der Waals surface area contributed by atoms with Crippen LogP contribution >= 0.6 is 0 Å². The smallest absolute Gasteiger partial charge is 0.0701 e. The van der Waals surface area contributed by atoms with Gasteiger partial charge in [0.15, 0.2) is 0 Å². The molecule has 0 amide bonds. The largest absolute Gasteiger partial charge is 0.378 e. The predicted octanol–water partition coefficient (Wildman–Crippen LogP) is 6.14. The highest BCUT2D eigenvalue weighted by atomic mass is 16.6. The summed E-state index contributed by atoms with van der Waals surface area (Å²) in [7, 11) is 0. The van der Waals surface area contributed by atoms with Crippen molar-refractivity contribution in [1.82, 2.24) is 0 Å². The summed E-state index contributed by atoms with van der Waals surface area (Å²) in [6, 6.07) is 0. The molecule has 0 aliphatic carbocycles. The maximum absolute atomic E-state index is 6.75. The zero-order valence-corrected chi connectivity index (χ0v) is 44.8. The normalized spacial score (nSPS) is 31.8. The summed E-state index contributed by atoms with van der Waals surface area (Å²) in [5, 5.41) is 0. The molecule has 0 spiro atoms. The van der Waals surface area contributed by atoms with Crippen LogP contribution in [0.25, 0.3) is 0 Å². The van der Waals surface area contributed by atoms with Gasteiger partial charge in [-0.3, -0.25) is 0 Å². The standard InChI is InChI=1S/C42H88N6O9.4C2H6/c1-5-37(25-43)21-41(29-47)22-38(6-2,26-44)32-53-17-11-50-12-18-55-34-40(8-4,28-46)24-42(30-48,36-57-20-14-51-13-19-56-35-41)23-39(7-3,27-45)33-54-16-10-49-9-15-52-31-37;4*1-2/h5-36,43-48H2,1-4H3;4*1-2H3. The fourth-order valence-electron chi connectivity index (χ4n) is 8.88. The lowest BCUT2D eigenvalue weighted by atomic mass is 9.62. The molecule has 4 atom stereocenters. The van der Waals surface area contributed by atoms with E-state index in [9.17, 15) is 0 Å². The van der Waals surface area contributed by atoms with Crippen molar-refractivity contribution in [3.05, 3.63) is 0 Å². The van der Waals surface area contributed by atoms with Crippen LogP contribution in [0.2, 0.25) is 0 Å². The van der Waals surface area contributed by atoms with E-state index in [4.69, 9.17) is 77.0 Å².